The van der Waals surface area contributed by atoms with Crippen LogP contribution in [0.3, 0.4) is 0 Å². The van der Waals surface area contributed by atoms with E-state index in [0.717, 1.165) is 41.0 Å². The number of piperidine rings is 1. The Hall–Kier alpha value is -5.07. The first-order chi connectivity index (χ1) is 25.8. The number of ether oxygens (including phenoxy) is 2. The lowest BCUT2D eigenvalue weighted by Gasteiger charge is -2.45. The second-order valence-corrected chi connectivity index (χ2v) is 14.2. The summed E-state index contributed by atoms with van der Waals surface area (Å²) >= 11 is 0. The number of nitrogens with one attached hydrogen (secondary N) is 3. The molecule has 3 aliphatic heterocycles. The van der Waals surface area contributed by atoms with E-state index in [1.165, 1.54) is 6.92 Å². The summed E-state index contributed by atoms with van der Waals surface area (Å²) in [4.78, 5) is 43.3. The van der Waals surface area contributed by atoms with Gasteiger partial charge in [0.1, 0.15) is 5.54 Å². The number of aliphatic hydroxyl groups excluding tert-OH is 1. The van der Waals surface area contributed by atoms with Gasteiger partial charge in [0.2, 0.25) is 5.91 Å². The van der Waals surface area contributed by atoms with Crippen LogP contribution < -0.4 is 20.9 Å². The Bertz CT molecular complexity index is 1870. The van der Waals surface area contributed by atoms with Gasteiger partial charge in [0.05, 0.1) is 31.5 Å². The highest BCUT2D eigenvalue weighted by molar-refractivity contribution is 5.94. The number of hydrogen-bond donors (Lipinski definition) is 4. The van der Waals surface area contributed by atoms with Crippen molar-refractivity contribution in [1.29, 1.82) is 0 Å². The maximum absolute atomic E-state index is 13.3. The van der Waals surface area contributed by atoms with Crippen molar-refractivity contribution in [2.75, 3.05) is 36.5 Å². The van der Waals surface area contributed by atoms with Gasteiger partial charge in [-0.05, 0) is 67.1 Å². The number of urea groups is 1. The van der Waals surface area contributed by atoms with Crippen LogP contribution >= 0.6 is 0 Å². The second kappa shape index (κ2) is 16.3. The zero-order valence-electron chi connectivity index (χ0n) is 29.9. The molecule has 0 aromatic heterocycles. The van der Waals surface area contributed by atoms with Gasteiger partial charge in [0.15, 0.2) is 12.1 Å². The van der Waals surface area contributed by atoms with Gasteiger partial charge in [0.25, 0.3) is 0 Å². The molecule has 3 aliphatic rings. The maximum atomic E-state index is 13.3. The zero-order valence-corrected chi connectivity index (χ0v) is 29.9. The van der Waals surface area contributed by atoms with Gasteiger partial charge in [-0.25, -0.2) is 4.79 Å². The highest BCUT2D eigenvalue weighted by Gasteiger charge is 2.50. The van der Waals surface area contributed by atoms with E-state index in [0.29, 0.717) is 44.6 Å². The molecule has 4 N–H and O–H groups in total. The first-order valence-corrected chi connectivity index (χ1v) is 18.4. The molecule has 3 heterocycles. The lowest BCUT2D eigenvalue weighted by Crippen LogP contribution is -2.57. The van der Waals surface area contributed by atoms with Crippen LogP contribution in [0.2, 0.25) is 0 Å². The molecule has 4 aromatic carbocycles. The van der Waals surface area contributed by atoms with E-state index in [9.17, 15) is 19.5 Å². The predicted molar refractivity (Wildman–Crippen MR) is 202 cm³/mol. The highest BCUT2D eigenvalue weighted by Crippen LogP contribution is 2.40. The van der Waals surface area contributed by atoms with Gasteiger partial charge >= 0.3 is 6.03 Å². The number of rotatable bonds is 11. The van der Waals surface area contributed by atoms with Gasteiger partial charge in [-0.3, -0.25) is 9.59 Å². The minimum Gasteiger partial charge on any atom is -0.392 e. The normalized spacial score (nSPS) is 21.9. The van der Waals surface area contributed by atoms with Crippen LogP contribution in [0.4, 0.5) is 16.2 Å². The lowest BCUT2D eigenvalue weighted by atomic mass is 9.85. The average Bonchev–Trinajstić information content (AvgIpc) is 3.50. The summed E-state index contributed by atoms with van der Waals surface area (Å²) in [5.74, 6) is -0.0419. The Morgan fingerprint density at radius 2 is 1.60 bits per heavy atom. The van der Waals surface area contributed by atoms with Gasteiger partial charge in [-0.2, -0.15) is 0 Å². The summed E-state index contributed by atoms with van der Waals surface area (Å²) in [6.45, 7) is 4.11. The Kier molecular flexibility index (Phi) is 11.2. The standard InChI is InChI=1S/C42H47N5O6/c1-29(49)37(23-30-9-4-2-5-10-30)45-41(51)44-34-12-8-11-33(24-34)39-52-36(25-38(53-39)32-17-15-31(27-48)16-18-32)26-46-21-19-42(20-22-46)40(50)43-28-47(42)35-13-6-3-7-14-35/h2-18,24,36-39,48H,19-23,25-28H2,1H3,(H,43,50)(H2,44,45,51)/t36-,37+,38+,39?/m0/s1. The fraction of sp³-hybridized carbons (Fsp3) is 0.357. The molecule has 3 saturated heterocycles. The van der Waals surface area contributed by atoms with Crippen molar-refractivity contribution in [3.8, 4) is 0 Å². The van der Waals surface area contributed by atoms with Crippen LogP contribution in [0.15, 0.2) is 109 Å². The van der Waals surface area contributed by atoms with Crippen molar-refractivity contribution in [3.05, 3.63) is 131 Å². The molecule has 1 spiro atoms. The number of benzene rings is 4. The van der Waals surface area contributed by atoms with E-state index in [2.05, 4.69) is 37.9 Å². The number of nitrogens with zero attached hydrogens (tertiary/aromatic N) is 2. The third-order valence-electron chi connectivity index (χ3n) is 10.7. The smallest absolute Gasteiger partial charge is 0.319 e. The molecule has 3 amide bonds. The SMILES string of the molecule is CC(=O)[C@@H](Cc1ccccc1)NC(=O)Nc1cccc(C2O[C@H](CN3CCC4(CC3)C(=O)NCN4c3ccccc3)C[C@H](c3ccc(CO)cc3)O2)c1. The topological polar surface area (TPSA) is 132 Å². The number of anilines is 2. The molecule has 11 heteroatoms. The van der Waals surface area contributed by atoms with E-state index in [-0.39, 0.29) is 30.5 Å². The average molecular weight is 718 g/mol. The van der Waals surface area contributed by atoms with Crippen molar-refractivity contribution in [3.63, 3.8) is 0 Å². The number of ketones is 1. The molecule has 0 radical (unpaired) electrons. The summed E-state index contributed by atoms with van der Waals surface area (Å²) in [5.41, 5.74) is 4.53. The van der Waals surface area contributed by atoms with Crippen molar-refractivity contribution in [1.82, 2.24) is 15.5 Å². The monoisotopic (exact) mass is 717 g/mol. The summed E-state index contributed by atoms with van der Waals surface area (Å²) in [6, 6.07) is 33.7. The molecule has 1 unspecified atom stereocenters. The molecule has 4 aromatic rings. The quantitative estimate of drug-likeness (QED) is 0.161. The van der Waals surface area contributed by atoms with E-state index >= 15 is 0 Å². The van der Waals surface area contributed by atoms with E-state index in [1.54, 1.807) is 6.07 Å². The first kappa shape index (κ1) is 36.3. The zero-order chi connectivity index (χ0) is 36.8. The van der Waals surface area contributed by atoms with Gasteiger partial charge < -0.3 is 40.3 Å². The van der Waals surface area contributed by atoms with Crippen LogP contribution in [0.1, 0.15) is 60.8 Å². The van der Waals surface area contributed by atoms with Crippen LogP contribution in [-0.2, 0) is 32.1 Å². The van der Waals surface area contributed by atoms with E-state index < -0.39 is 23.9 Å². The molecule has 4 atom stereocenters. The fourth-order valence-corrected chi connectivity index (χ4v) is 7.69. The Morgan fingerprint density at radius 3 is 2.30 bits per heavy atom. The lowest BCUT2D eigenvalue weighted by molar-refractivity contribution is -0.253. The van der Waals surface area contributed by atoms with Crippen molar-refractivity contribution in [2.45, 2.75) is 69.3 Å². The molecule has 7 rings (SSSR count). The number of carbonyl (C=O) groups is 3. The molecule has 3 fully saturated rings. The Balaban J connectivity index is 1.04. The van der Waals surface area contributed by atoms with Crippen LogP contribution in [0.5, 0.6) is 0 Å². The third-order valence-corrected chi connectivity index (χ3v) is 10.7. The minimum absolute atomic E-state index is 0.0386. The number of hydrogen-bond acceptors (Lipinski definition) is 8. The summed E-state index contributed by atoms with van der Waals surface area (Å²) in [7, 11) is 0. The Labute approximate surface area is 310 Å². The number of amides is 3. The van der Waals surface area contributed by atoms with E-state index in [1.807, 2.05) is 91.0 Å². The largest absolute Gasteiger partial charge is 0.392 e. The van der Waals surface area contributed by atoms with Crippen molar-refractivity contribution < 1.29 is 29.0 Å². The molecule has 0 aliphatic carbocycles. The number of para-hydroxylation sites is 1. The summed E-state index contributed by atoms with van der Waals surface area (Å²) < 4.78 is 13.2. The van der Waals surface area contributed by atoms with Crippen LogP contribution in [0, 0.1) is 0 Å². The van der Waals surface area contributed by atoms with Gasteiger partial charge in [-0.15, -0.1) is 0 Å². The summed E-state index contributed by atoms with van der Waals surface area (Å²) in [5, 5.41) is 18.4. The molecule has 276 valence electrons. The molecular weight excluding hydrogens is 670 g/mol. The second-order valence-electron chi connectivity index (χ2n) is 14.2. The first-order valence-electron chi connectivity index (χ1n) is 18.4. The molecule has 0 bridgehead atoms. The number of Topliss-reactive ketones (excluding diaryl/α,β-unsaturated/α-hetero) is 1. The van der Waals surface area contributed by atoms with Gasteiger partial charge in [0, 0.05) is 43.0 Å². The Morgan fingerprint density at radius 1 is 0.887 bits per heavy atom. The number of carbonyl (C=O) groups excluding carboxylic acids is 3. The predicted octanol–water partition coefficient (Wildman–Crippen LogP) is 5.47. The number of aliphatic hydroxyl groups is 1. The third kappa shape index (κ3) is 8.44. The van der Waals surface area contributed by atoms with Crippen molar-refractivity contribution >= 4 is 29.1 Å². The molecule has 53 heavy (non-hydrogen) atoms. The van der Waals surface area contributed by atoms with E-state index in [4.69, 9.17) is 9.47 Å². The van der Waals surface area contributed by atoms with Crippen molar-refractivity contribution in [2.24, 2.45) is 0 Å². The molecular formula is C42H47N5O6. The number of likely N-dealkylation sites (tertiary alicyclic amines) is 1. The van der Waals surface area contributed by atoms with Crippen LogP contribution in [-0.4, -0.2) is 71.7 Å². The maximum Gasteiger partial charge on any atom is 0.319 e. The fourth-order valence-electron chi connectivity index (χ4n) is 7.69. The molecule has 11 nitrogen and oxygen atoms in total. The minimum atomic E-state index is -0.713. The van der Waals surface area contributed by atoms with Crippen LogP contribution in [0.25, 0.3) is 0 Å². The van der Waals surface area contributed by atoms with Gasteiger partial charge in [-0.1, -0.05) is 84.9 Å². The summed E-state index contributed by atoms with van der Waals surface area (Å²) in [6.07, 6.45) is 1.27. The molecule has 0 saturated carbocycles. The highest BCUT2D eigenvalue weighted by atomic mass is 16.7.